The Labute approximate surface area is 87.7 Å². The van der Waals surface area contributed by atoms with Crippen molar-refractivity contribution < 1.29 is 9.90 Å². The van der Waals surface area contributed by atoms with Crippen LogP contribution in [-0.2, 0) is 0 Å². The van der Waals surface area contributed by atoms with Crippen LogP contribution in [0.25, 0.3) is 0 Å². The third-order valence-electron chi connectivity index (χ3n) is 2.66. The number of hydrogen-bond donors (Lipinski definition) is 2. The van der Waals surface area contributed by atoms with Crippen molar-refractivity contribution in [2.45, 2.75) is 6.04 Å². The second-order valence-corrected chi connectivity index (χ2v) is 3.62. The predicted molar refractivity (Wildman–Crippen MR) is 54.7 cm³/mol. The van der Waals surface area contributed by atoms with E-state index in [2.05, 4.69) is 10.3 Å². The molecule has 1 aliphatic heterocycles. The highest BCUT2D eigenvalue weighted by Gasteiger charge is 2.27. The average molecular weight is 207 g/mol. The highest BCUT2D eigenvalue weighted by Crippen LogP contribution is 2.17. The Hall–Kier alpha value is -1.62. The number of nitrogens with zero attached hydrogens (tertiary/aromatic N) is 2. The van der Waals surface area contributed by atoms with Crippen molar-refractivity contribution in [3.8, 4) is 5.75 Å². The lowest BCUT2D eigenvalue weighted by Gasteiger charge is -2.35. The number of carbonyl (C=O) groups is 1. The zero-order chi connectivity index (χ0) is 10.8. The number of aromatic nitrogens is 1. The van der Waals surface area contributed by atoms with Crippen molar-refractivity contribution in [2.75, 3.05) is 20.1 Å². The second-order valence-electron chi connectivity index (χ2n) is 3.62. The van der Waals surface area contributed by atoms with E-state index >= 15 is 0 Å². The second kappa shape index (κ2) is 3.86. The third kappa shape index (κ3) is 1.78. The summed E-state index contributed by atoms with van der Waals surface area (Å²) in [6.45, 7) is 1.63. The number of carbonyl (C=O) groups excluding carboxylic acids is 1. The number of rotatable bonds is 2. The molecule has 0 atom stereocenters. The molecule has 0 aromatic carbocycles. The number of amides is 1. The minimum Gasteiger partial charge on any atom is -0.505 e. The van der Waals surface area contributed by atoms with E-state index in [0.717, 1.165) is 13.1 Å². The van der Waals surface area contributed by atoms with Gasteiger partial charge >= 0.3 is 0 Å². The molecule has 0 unspecified atom stereocenters. The van der Waals surface area contributed by atoms with Gasteiger partial charge in [-0.2, -0.15) is 0 Å². The molecule has 5 nitrogen and oxygen atoms in total. The Bertz CT molecular complexity index is 377. The predicted octanol–water partition coefficient (Wildman–Crippen LogP) is -0.169. The maximum Gasteiger partial charge on any atom is 0.257 e. The minimum atomic E-state index is -0.165. The molecule has 0 radical (unpaired) electrons. The van der Waals surface area contributed by atoms with E-state index in [4.69, 9.17) is 0 Å². The molecular formula is C10H13N3O2. The molecule has 80 valence electrons. The fraction of sp³-hybridized carbons (Fsp3) is 0.400. The molecule has 2 heterocycles. The van der Waals surface area contributed by atoms with Gasteiger partial charge in [0.25, 0.3) is 5.91 Å². The number of nitrogens with one attached hydrogen (secondary N) is 1. The van der Waals surface area contributed by atoms with Crippen molar-refractivity contribution >= 4 is 5.91 Å². The van der Waals surface area contributed by atoms with Crippen LogP contribution in [0, 0.1) is 0 Å². The number of hydrogen-bond acceptors (Lipinski definition) is 4. The summed E-state index contributed by atoms with van der Waals surface area (Å²) in [5.74, 6) is -0.233. The lowest BCUT2D eigenvalue weighted by atomic mass is 10.1. The van der Waals surface area contributed by atoms with Crippen molar-refractivity contribution in [1.82, 2.24) is 15.2 Å². The zero-order valence-electron chi connectivity index (χ0n) is 8.47. The molecule has 0 spiro atoms. The molecule has 1 amide bonds. The van der Waals surface area contributed by atoms with Crippen molar-refractivity contribution in [1.29, 1.82) is 0 Å². The summed E-state index contributed by atoms with van der Waals surface area (Å²) in [7, 11) is 1.74. The van der Waals surface area contributed by atoms with E-state index in [1.165, 1.54) is 18.5 Å². The van der Waals surface area contributed by atoms with Gasteiger partial charge in [0.1, 0.15) is 5.75 Å². The maximum absolute atomic E-state index is 11.9. The summed E-state index contributed by atoms with van der Waals surface area (Å²) < 4.78 is 0. The van der Waals surface area contributed by atoms with Gasteiger partial charge in [0, 0.05) is 26.3 Å². The summed E-state index contributed by atoms with van der Waals surface area (Å²) in [6.07, 6.45) is 2.78. The van der Waals surface area contributed by atoms with Crippen molar-refractivity contribution in [3.63, 3.8) is 0 Å². The standard InChI is InChI=1S/C10H13N3O2/c1-13(7-4-12-5-7)10(15)8-2-3-11-6-9(8)14/h2-3,6-7,12,14H,4-5H2,1H3. The Balaban J connectivity index is 2.16. The summed E-state index contributed by atoms with van der Waals surface area (Å²) in [4.78, 5) is 17.3. The highest BCUT2D eigenvalue weighted by atomic mass is 16.3. The Morgan fingerprint density at radius 2 is 2.40 bits per heavy atom. The molecule has 1 saturated heterocycles. The lowest BCUT2D eigenvalue weighted by Crippen LogP contribution is -2.57. The van der Waals surface area contributed by atoms with Gasteiger partial charge in [-0.3, -0.25) is 9.78 Å². The number of aromatic hydroxyl groups is 1. The fourth-order valence-electron chi connectivity index (χ4n) is 1.47. The molecule has 1 aliphatic rings. The van der Waals surface area contributed by atoms with Crippen LogP contribution in [0.3, 0.4) is 0 Å². The number of pyridine rings is 1. The van der Waals surface area contributed by atoms with Crippen LogP contribution < -0.4 is 5.32 Å². The summed E-state index contributed by atoms with van der Waals surface area (Å²) in [6, 6.07) is 1.75. The smallest absolute Gasteiger partial charge is 0.257 e. The zero-order valence-corrected chi connectivity index (χ0v) is 8.47. The summed E-state index contributed by atoms with van der Waals surface area (Å²) in [5.41, 5.74) is 0.305. The third-order valence-corrected chi connectivity index (χ3v) is 2.66. The van der Waals surface area contributed by atoms with E-state index in [1.54, 1.807) is 11.9 Å². The van der Waals surface area contributed by atoms with Gasteiger partial charge in [-0.25, -0.2) is 0 Å². The van der Waals surface area contributed by atoms with Gasteiger partial charge < -0.3 is 15.3 Å². The van der Waals surface area contributed by atoms with Crippen molar-refractivity contribution in [2.24, 2.45) is 0 Å². The normalized spacial score (nSPS) is 15.8. The molecule has 1 aromatic rings. The van der Waals surface area contributed by atoms with E-state index in [9.17, 15) is 9.90 Å². The van der Waals surface area contributed by atoms with E-state index in [0.29, 0.717) is 5.56 Å². The van der Waals surface area contributed by atoms with Gasteiger partial charge in [0.05, 0.1) is 17.8 Å². The Kier molecular flexibility index (Phi) is 2.55. The molecule has 1 aromatic heterocycles. The average Bonchev–Trinajstić information content (AvgIpc) is 2.15. The molecule has 0 bridgehead atoms. The van der Waals surface area contributed by atoms with Gasteiger partial charge in [0.15, 0.2) is 0 Å². The van der Waals surface area contributed by atoms with Gasteiger partial charge in [-0.15, -0.1) is 0 Å². The Morgan fingerprint density at radius 3 is 2.93 bits per heavy atom. The van der Waals surface area contributed by atoms with Crippen LogP contribution in [0.1, 0.15) is 10.4 Å². The lowest BCUT2D eigenvalue weighted by molar-refractivity contribution is 0.0678. The van der Waals surface area contributed by atoms with E-state index in [1.807, 2.05) is 0 Å². The minimum absolute atomic E-state index is 0.0679. The molecule has 0 aliphatic carbocycles. The SMILES string of the molecule is CN(C(=O)c1ccncc1O)C1CNC1. The van der Waals surface area contributed by atoms with E-state index in [-0.39, 0.29) is 17.7 Å². The first-order chi connectivity index (χ1) is 7.20. The first-order valence-corrected chi connectivity index (χ1v) is 4.81. The van der Waals surface area contributed by atoms with Crippen LogP contribution >= 0.6 is 0 Å². The van der Waals surface area contributed by atoms with Gasteiger partial charge in [-0.1, -0.05) is 0 Å². The molecule has 2 rings (SSSR count). The van der Waals surface area contributed by atoms with Gasteiger partial charge in [0.2, 0.25) is 0 Å². The monoisotopic (exact) mass is 207 g/mol. The fourth-order valence-corrected chi connectivity index (χ4v) is 1.47. The van der Waals surface area contributed by atoms with Crippen LogP contribution in [0.15, 0.2) is 18.5 Å². The first-order valence-electron chi connectivity index (χ1n) is 4.81. The summed E-state index contributed by atoms with van der Waals surface area (Å²) in [5, 5.41) is 12.6. The largest absolute Gasteiger partial charge is 0.505 e. The highest BCUT2D eigenvalue weighted by molar-refractivity contribution is 5.96. The molecule has 2 N–H and O–H groups in total. The quantitative estimate of drug-likeness (QED) is 0.706. The maximum atomic E-state index is 11.9. The van der Waals surface area contributed by atoms with Crippen molar-refractivity contribution in [3.05, 3.63) is 24.0 Å². The first kappa shape index (κ1) is 9.92. The van der Waals surface area contributed by atoms with E-state index < -0.39 is 0 Å². The summed E-state index contributed by atoms with van der Waals surface area (Å²) >= 11 is 0. The Morgan fingerprint density at radius 1 is 1.67 bits per heavy atom. The van der Waals surface area contributed by atoms with Crippen LogP contribution in [-0.4, -0.2) is 47.1 Å². The topological polar surface area (TPSA) is 65.5 Å². The van der Waals surface area contributed by atoms with Crippen LogP contribution in [0.5, 0.6) is 5.75 Å². The number of likely N-dealkylation sites (N-methyl/N-ethyl adjacent to an activating group) is 1. The molecule has 1 fully saturated rings. The molecule has 0 saturated carbocycles. The molecule has 5 heteroatoms. The van der Waals surface area contributed by atoms with Gasteiger partial charge in [-0.05, 0) is 6.07 Å². The van der Waals surface area contributed by atoms with Crippen LogP contribution in [0.4, 0.5) is 0 Å². The van der Waals surface area contributed by atoms with Crippen LogP contribution in [0.2, 0.25) is 0 Å². The molecule has 15 heavy (non-hydrogen) atoms. The molecular weight excluding hydrogens is 194 g/mol.